The lowest BCUT2D eigenvalue weighted by Gasteiger charge is -2.15. The predicted octanol–water partition coefficient (Wildman–Crippen LogP) is 1.08. The van der Waals surface area contributed by atoms with Crippen molar-refractivity contribution in [3.8, 4) is 0 Å². The average molecular weight is 168 g/mol. The van der Waals surface area contributed by atoms with Crippen molar-refractivity contribution >= 4 is 11.8 Å². The van der Waals surface area contributed by atoms with Crippen molar-refractivity contribution in [2.45, 2.75) is 26.4 Å². The van der Waals surface area contributed by atoms with Crippen LogP contribution in [0.15, 0.2) is 12.2 Å². The van der Waals surface area contributed by atoms with Crippen LogP contribution in [-0.2, 0) is 14.3 Å². The van der Waals surface area contributed by atoms with Gasteiger partial charge in [-0.15, -0.1) is 0 Å². The molecule has 2 atom stereocenters. The minimum atomic E-state index is -0.335. The van der Waals surface area contributed by atoms with E-state index in [1.165, 1.54) is 13.0 Å². The van der Waals surface area contributed by atoms with Gasteiger partial charge in [-0.2, -0.15) is 0 Å². The van der Waals surface area contributed by atoms with E-state index in [9.17, 15) is 9.59 Å². The van der Waals surface area contributed by atoms with Crippen molar-refractivity contribution in [3.63, 3.8) is 0 Å². The largest absolute Gasteiger partial charge is 0.458 e. The predicted molar refractivity (Wildman–Crippen MR) is 43.5 cm³/mol. The SMILES string of the molecule is CCC1C(=O)C=CC1OC(C)=O. The third kappa shape index (κ3) is 1.72. The second-order valence-corrected chi connectivity index (χ2v) is 2.85. The van der Waals surface area contributed by atoms with Gasteiger partial charge in [-0.05, 0) is 18.6 Å². The zero-order valence-electron chi connectivity index (χ0n) is 7.24. The molecule has 0 amide bonds. The molecular formula is C9H12O3. The number of carbonyl (C=O) groups is 2. The monoisotopic (exact) mass is 168 g/mol. The number of esters is 1. The zero-order chi connectivity index (χ0) is 9.14. The quantitative estimate of drug-likeness (QED) is 0.579. The Morgan fingerprint density at radius 2 is 2.33 bits per heavy atom. The maximum atomic E-state index is 11.1. The van der Waals surface area contributed by atoms with Crippen LogP contribution in [0.3, 0.4) is 0 Å². The zero-order valence-corrected chi connectivity index (χ0v) is 7.24. The van der Waals surface area contributed by atoms with E-state index in [1.54, 1.807) is 6.08 Å². The first-order valence-electron chi connectivity index (χ1n) is 4.04. The summed E-state index contributed by atoms with van der Waals surface area (Å²) in [6.07, 6.45) is 3.52. The van der Waals surface area contributed by atoms with Crippen LogP contribution in [0.2, 0.25) is 0 Å². The smallest absolute Gasteiger partial charge is 0.303 e. The normalized spacial score (nSPS) is 27.7. The minimum absolute atomic E-state index is 0.0590. The number of hydrogen-bond acceptors (Lipinski definition) is 3. The van der Waals surface area contributed by atoms with Crippen molar-refractivity contribution in [2.75, 3.05) is 0 Å². The Morgan fingerprint density at radius 1 is 1.67 bits per heavy atom. The summed E-state index contributed by atoms with van der Waals surface area (Å²) in [6, 6.07) is 0. The summed E-state index contributed by atoms with van der Waals surface area (Å²) in [5.41, 5.74) is 0. The van der Waals surface area contributed by atoms with Gasteiger partial charge in [0.1, 0.15) is 6.10 Å². The van der Waals surface area contributed by atoms with Crippen molar-refractivity contribution in [2.24, 2.45) is 5.92 Å². The number of carbonyl (C=O) groups excluding carboxylic acids is 2. The molecule has 0 N–H and O–H groups in total. The molecule has 0 fully saturated rings. The lowest BCUT2D eigenvalue weighted by Crippen LogP contribution is -2.24. The van der Waals surface area contributed by atoms with E-state index in [4.69, 9.17) is 4.74 Å². The summed E-state index contributed by atoms with van der Waals surface area (Å²) in [5, 5.41) is 0. The number of ether oxygens (including phenoxy) is 1. The second kappa shape index (κ2) is 3.52. The Hall–Kier alpha value is -1.12. The molecule has 0 aromatic rings. The molecule has 12 heavy (non-hydrogen) atoms. The maximum Gasteiger partial charge on any atom is 0.303 e. The highest BCUT2D eigenvalue weighted by atomic mass is 16.5. The van der Waals surface area contributed by atoms with Crippen LogP contribution in [0.25, 0.3) is 0 Å². The highest BCUT2D eigenvalue weighted by molar-refractivity contribution is 5.95. The van der Waals surface area contributed by atoms with Crippen LogP contribution in [0, 0.1) is 5.92 Å². The molecule has 0 saturated carbocycles. The Kier molecular flexibility index (Phi) is 2.63. The molecule has 3 heteroatoms. The first-order valence-corrected chi connectivity index (χ1v) is 4.04. The van der Waals surface area contributed by atoms with E-state index in [1.807, 2.05) is 6.92 Å². The highest BCUT2D eigenvalue weighted by Crippen LogP contribution is 2.21. The van der Waals surface area contributed by atoms with Crippen LogP contribution in [-0.4, -0.2) is 17.9 Å². The lowest BCUT2D eigenvalue weighted by molar-refractivity contribution is -0.146. The average Bonchev–Trinajstić information content (AvgIpc) is 2.30. The molecule has 1 rings (SSSR count). The van der Waals surface area contributed by atoms with Crippen LogP contribution in [0.4, 0.5) is 0 Å². The Balaban J connectivity index is 2.60. The van der Waals surface area contributed by atoms with Crippen molar-refractivity contribution in [3.05, 3.63) is 12.2 Å². The topological polar surface area (TPSA) is 43.4 Å². The molecule has 66 valence electrons. The number of hydrogen-bond donors (Lipinski definition) is 0. The summed E-state index contributed by atoms with van der Waals surface area (Å²) < 4.78 is 4.94. The van der Waals surface area contributed by atoms with E-state index in [0.29, 0.717) is 6.42 Å². The molecule has 0 spiro atoms. The minimum Gasteiger partial charge on any atom is -0.458 e. The third-order valence-corrected chi connectivity index (χ3v) is 1.95. The molecule has 0 aromatic heterocycles. The van der Waals surface area contributed by atoms with E-state index in [-0.39, 0.29) is 23.8 Å². The number of rotatable bonds is 2. The van der Waals surface area contributed by atoms with Crippen molar-refractivity contribution < 1.29 is 14.3 Å². The standard InChI is InChI=1S/C9H12O3/c1-3-7-8(11)4-5-9(7)12-6(2)10/h4-5,7,9H,3H2,1-2H3. The molecule has 0 bridgehead atoms. The van der Waals surface area contributed by atoms with Gasteiger partial charge in [0.15, 0.2) is 5.78 Å². The Bertz CT molecular complexity index is 230. The molecular weight excluding hydrogens is 156 g/mol. The fourth-order valence-electron chi connectivity index (χ4n) is 1.36. The van der Waals surface area contributed by atoms with Gasteiger partial charge >= 0.3 is 5.97 Å². The summed E-state index contributed by atoms with van der Waals surface area (Å²) in [5.74, 6) is -0.435. The Morgan fingerprint density at radius 3 is 2.83 bits per heavy atom. The molecule has 0 aromatic carbocycles. The van der Waals surface area contributed by atoms with Gasteiger partial charge in [0.25, 0.3) is 0 Å². The van der Waals surface area contributed by atoms with Gasteiger partial charge in [-0.1, -0.05) is 6.92 Å². The van der Waals surface area contributed by atoms with Gasteiger partial charge in [0.05, 0.1) is 5.92 Å². The van der Waals surface area contributed by atoms with Crippen LogP contribution in [0.5, 0.6) is 0 Å². The molecule has 0 heterocycles. The van der Waals surface area contributed by atoms with Gasteiger partial charge in [0.2, 0.25) is 0 Å². The van der Waals surface area contributed by atoms with E-state index in [0.717, 1.165) is 0 Å². The van der Waals surface area contributed by atoms with E-state index < -0.39 is 0 Å². The summed E-state index contributed by atoms with van der Waals surface area (Å²) in [4.78, 5) is 21.7. The molecule has 1 aliphatic rings. The van der Waals surface area contributed by atoms with E-state index >= 15 is 0 Å². The van der Waals surface area contributed by atoms with Gasteiger partial charge in [-0.25, -0.2) is 0 Å². The first kappa shape index (κ1) is 8.97. The van der Waals surface area contributed by atoms with Gasteiger partial charge in [-0.3, -0.25) is 9.59 Å². The van der Waals surface area contributed by atoms with Gasteiger partial charge in [0, 0.05) is 6.92 Å². The number of allylic oxidation sites excluding steroid dienone is 1. The maximum absolute atomic E-state index is 11.1. The summed E-state index contributed by atoms with van der Waals surface area (Å²) in [6.45, 7) is 3.26. The molecule has 0 radical (unpaired) electrons. The van der Waals surface area contributed by atoms with E-state index in [2.05, 4.69) is 0 Å². The molecule has 0 aliphatic heterocycles. The first-order chi connectivity index (χ1) is 5.65. The van der Waals surface area contributed by atoms with Crippen LogP contribution in [0.1, 0.15) is 20.3 Å². The van der Waals surface area contributed by atoms with Crippen LogP contribution >= 0.6 is 0 Å². The highest BCUT2D eigenvalue weighted by Gasteiger charge is 2.30. The molecule has 2 unspecified atom stereocenters. The van der Waals surface area contributed by atoms with Gasteiger partial charge < -0.3 is 4.74 Å². The third-order valence-electron chi connectivity index (χ3n) is 1.95. The van der Waals surface area contributed by atoms with Crippen LogP contribution < -0.4 is 0 Å². The number of ketones is 1. The second-order valence-electron chi connectivity index (χ2n) is 2.85. The lowest BCUT2D eigenvalue weighted by atomic mass is 10.0. The summed E-state index contributed by atoms with van der Waals surface area (Å²) >= 11 is 0. The fraction of sp³-hybridized carbons (Fsp3) is 0.556. The summed E-state index contributed by atoms with van der Waals surface area (Å²) in [7, 11) is 0. The fourth-order valence-corrected chi connectivity index (χ4v) is 1.36. The molecule has 3 nitrogen and oxygen atoms in total. The molecule has 0 saturated heterocycles. The van der Waals surface area contributed by atoms with Crippen molar-refractivity contribution in [1.82, 2.24) is 0 Å². The molecule has 1 aliphatic carbocycles. The van der Waals surface area contributed by atoms with Crippen molar-refractivity contribution in [1.29, 1.82) is 0 Å². The Labute approximate surface area is 71.4 Å².